The molecule has 0 spiro atoms. The van der Waals surface area contributed by atoms with E-state index in [1.54, 1.807) is 6.07 Å². The van der Waals surface area contributed by atoms with E-state index < -0.39 is 0 Å². The second kappa shape index (κ2) is 9.24. The van der Waals surface area contributed by atoms with Crippen molar-refractivity contribution in [2.24, 2.45) is 0 Å². The molecule has 5 heteroatoms. The number of quaternary nitrogens is 1. The molecule has 0 aliphatic heterocycles. The number of halogens is 2. The van der Waals surface area contributed by atoms with E-state index in [1.807, 2.05) is 36.5 Å². The molecule has 1 amide bonds. The van der Waals surface area contributed by atoms with Gasteiger partial charge in [-0.25, -0.2) is 0 Å². The average Bonchev–Trinajstić information content (AvgIpc) is 2.70. The molecule has 3 aromatic rings. The van der Waals surface area contributed by atoms with Gasteiger partial charge < -0.3 is 10.6 Å². The standard InChI is InChI=1S/C23H22Cl2N2O/c1-15-8-11-18(12-9-15)22(17-6-4-3-5-7-17)26-14-20(28)27-23-19(24)13-10-16(2)21(23)25/h3-13,22,26H,14H2,1-2H3,(H,27,28)/p+1/t22-/m0/s1. The number of carbonyl (C=O) groups excluding carboxylic acids is 1. The van der Waals surface area contributed by atoms with E-state index in [-0.39, 0.29) is 18.5 Å². The third-order valence-corrected chi connectivity index (χ3v) is 5.48. The molecule has 28 heavy (non-hydrogen) atoms. The van der Waals surface area contributed by atoms with Crippen LogP contribution in [0.3, 0.4) is 0 Å². The zero-order chi connectivity index (χ0) is 20.1. The number of benzene rings is 3. The van der Waals surface area contributed by atoms with E-state index in [4.69, 9.17) is 23.2 Å². The maximum atomic E-state index is 12.6. The van der Waals surface area contributed by atoms with Crippen molar-refractivity contribution in [3.8, 4) is 0 Å². The van der Waals surface area contributed by atoms with Crippen molar-refractivity contribution in [1.82, 2.24) is 0 Å². The summed E-state index contributed by atoms with van der Waals surface area (Å²) in [5, 5.41) is 5.78. The van der Waals surface area contributed by atoms with E-state index >= 15 is 0 Å². The Bertz CT molecular complexity index is 956. The number of nitrogens with one attached hydrogen (secondary N) is 1. The van der Waals surface area contributed by atoms with Gasteiger partial charge in [-0.3, -0.25) is 4.79 Å². The third-order valence-electron chi connectivity index (χ3n) is 4.68. The second-order valence-corrected chi connectivity index (χ2v) is 7.63. The number of rotatable bonds is 6. The summed E-state index contributed by atoms with van der Waals surface area (Å²) >= 11 is 12.5. The lowest BCUT2D eigenvalue weighted by Crippen LogP contribution is -2.87. The first kappa shape index (κ1) is 20.4. The molecule has 0 aliphatic carbocycles. The predicted octanol–water partition coefficient (Wildman–Crippen LogP) is 4.90. The van der Waals surface area contributed by atoms with Crippen LogP contribution in [0.4, 0.5) is 5.69 Å². The summed E-state index contributed by atoms with van der Waals surface area (Å²) in [7, 11) is 0. The van der Waals surface area contributed by atoms with Gasteiger partial charge in [0.15, 0.2) is 6.54 Å². The van der Waals surface area contributed by atoms with E-state index in [2.05, 4.69) is 48.6 Å². The average molecular weight is 414 g/mol. The maximum absolute atomic E-state index is 12.6. The van der Waals surface area contributed by atoms with Crippen LogP contribution in [0.5, 0.6) is 0 Å². The number of nitrogens with two attached hydrogens (primary N) is 1. The summed E-state index contributed by atoms with van der Waals surface area (Å²) in [6, 6.07) is 22.1. The Morgan fingerprint density at radius 2 is 1.57 bits per heavy atom. The first-order valence-electron chi connectivity index (χ1n) is 9.15. The molecule has 3 aromatic carbocycles. The van der Waals surface area contributed by atoms with Gasteiger partial charge in [0.05, 0.1) is 15.7 Å². The molecule has 0 heterocycles. The number of carbonyl (C=O) groups is 1. The smallest absolute Gasteiger partial charge is 0.279 e. The van der Waals surface area contributed by atoms with Gasteiger partial charge in [0.2, 0.25) is 0 Å². The van der Waals surface area contributed by atoms with Crippen LogP contribution in [0.1, 0.15) is 28.3 Å². The lowest BCUT2D eigenvalue weighted by Gasteiger charge is -2.17. The normalized spacial score (nSPS) is 11.9. The number of amides is 1. The highest BCUT2D eigenvalue weighted by molar-refractivity contribution is 6.40. The molecule has 0 bridgehead atoms. The lowest BCUT2D eigenvalue weighted by atomic mass is 9.98. The molecule has 3 N–H and O–H groups in total. The van der Waals surface area contributed by atoms with E-state index in [0.29, 0.717) is 15.7 Å². The Balaban J connectivity index is 1.76. The van der Waals surface area contributed by atoms with E-state index in [9.17, 15) is 4.79 Å². The fourth-order valence-electron chi connectivity index (χ4n) is 3.09. The van der Waals surface area contributed by atoms with Crippen LogP contribution in [-0.2, 0) is 4.79 Å². The van der Waals surface area contributed by atoms with Crippen molar-refractivity contribution < 1.29 is 10.1 Å². The molecule has 1 atom stereocenters. The summed E-state index contributed by atoms with van der Waals surface area (Å²) in [5.41, 5.74) is 4.83. The Kier molecular flexibility index (Phi) is 6.74. The van der Waals surface area contributed by atoms with Crippen molar-refractivity contribution in [2.45, 2.75) is 19.9 Å². The minimum atomic E-state index is -0.151. The van der Waals surface area contributed by atoms with Crippen LogP contribution in [0, 0.1) is 13.8 Å². The van der Waals surface area contributed by atoms with Crippen molar-refractivity contribution in [1.29, 1.82) is 0 Å². The molecular weight excluding hydrogens is 391 g/mol. The van der Waals surface area contributed by atoms with Gasteiger partial charge in [-0.15, -0.1) is 0 Å². The largest absolute Gasteiger partial charge is 0.328 e. The van der Waals surface area contributed by atoms with Crippen molar-refractivity contribution in [2.75, 3.05) is 11.9 Å². The highest BCUT2D eigenvalue weighted by Crippen LogP contribution is 2.32. The van der Waals surface area contributed by atoms with Crippen LogP contribution in [0.15, 0.2) is 66.7 Å². The topological polar surface area (TPSA) is 45.7 Å². The third kappa shape index (κ3) is 4.93. The molecule has 0 aliphatic rings. The van der Waals surface area contributed by atoms with Crippen molar-refractivity contribution in [3.63, 3.8) is 0 Å². The Morgan fingerprint density at radius 3 is 2.25 bits per heavy atom. The van der Waals surface area contributed by atoms with E-state index in [1.165, 1.54) is 5.56 Å². The van der Waals surface area contributed by atoms with Gasteiger partial charge in [0, 0.05) is 11.1 Å². The van der Waals surface area contributed by atoms with Crippen LogP contribution in [0.2, 0.25) is 10.0 Å². The van der Waals surface area contributed by atoms with Gasteiger partial charge in [0.25, 0.3) is 5.91 Å². The molecule has 0 saturated heterocycles. The molecule has 144 valence electrons. The maximum Gasteiger partial charge on any atom is 0.279 e. The molecule has 0 aromatic heterocycles. The summed E-state index contributed by atoms with van der Waals surface area (Å²) in [4.78, 5) is 12.6. The molecule has 0 fully saturated rings. The number of aryl methyl sites for hydroxylation is 2. The van der Waals surface area contributed by atoms with Gasteiger partial charge in [0.1, 0.15) is 6.04 Å². The number of hydrogen-bond acceptors (Lipinski definition) is 1. The van der Waals surface area contributed by atoms with Crippen molar-refractivity contribution in [3.05, 3.63) is 99.0 Å². The Hall–Kier alpha value is -2.33. The minimum absolute atomic E-state index is 0.0241. The Labute approximate surface area is 175 Å². The Morgan fingerprint density at radius 1 is 0.929 bits per heavy atom. The predicted molar refractivity (Wildman–Crippen MR) is 116 cm³/mol. The number of hydrogen-bond donors (Lipinski definition) is 2. The van der Waals surface area contributed by atoms with Crippen LogP contribution in [0.25, 0.3) is 0 Å². The summed E-state index contributed by atoms with van der Waals surface area (Å²) in [6.07, 6.45) is 0. The zero-order valence-corrected chi connectivity index (χ0v) is 17.4. The molecule has 3 nitrogen and oxygen atoms in total. The molecule has 0 radical (unpaired) electrons. The first-order chi connectivity index (χ1) is 13.5. The quantitative estimate of drug-likeness (QED) is 0.592. The van der Waals surface area contributed by atoms with E-state index in [0.717, 1.165) is 16.7 Å². The zero-order valence-electron chi connectivity index (χ0n) is 15.9. The molecule has 0 unspecified atom stereocenters. The fraction of sp³-hybridized carbons (Fsp3) is 0.174. The second-order valence-electron chi connectivity index (χ2n) is 6.84. The first-order valence-corrected chi connectivity index (χ1v) is 9.90. The van der Waals surface area contributed by atoms with Gasteiger partial charge in [-0.05, 0) is 25.5 Å². The molecule has 3 rings (SSSR count). The fourth-order valence-corrected chi connectivity index (χ4v) is 3.55. The number of anilines is 1. The molecular formula is C23H23Cl2N2O+. The van der Waals surface area contributed by atoms with Crippen LogP contribution in [-0.4, -0.2) is 12.5 Å². The van der Waals surface area contributed by atoms with Gasteiger partial charge >= 0.3 is 0 Å². The SMILES string of the molecule is Cc1ccc([C@@H]([NH2+]CC(=O)Nc2c(Cl)ccc(C)c2Cl)c2ccccc2)cc1. The monoisotopic (exact) mass is 413 g/mol. The minimum Gasteiger partial charge on any atom is -0.328 e. The molecule has 0 saturated carbocycles. The van der Waals surface area contributed by atoms with Gasteiger partial charge in [-0.2, -0.15) is 0 Å². The van der Waals surface area contributed by atoms with Crippen molar-refractivity contribution >= 4 is 34.8 Å². The highest BCUT2D eigenvalue weighted by atomic mass is 35.5. The lowest BCUT2D eigenvalue weighted by molar-refractivity contribution is -0.676. The summed E-state index contributed by atoms with van der Waals surface area (Å²) < 4.78 is 0. The summed E-state index contributed by atoms with van der Waals surface area (Å²) in [5.74, 6) is -0.151. The summed E-state index contributed by atoms with van der Waals surface area (Å²) in [6.45, 7) is 4.19. The van der Waals surface area contributed by atoms with Crippen LogP contribution < -0.4 is 10.6 Å². The van der Waals surface area contributed by atoms with Crippen LogP contribution >= 0.6 is 23.2 Å². The highest BCUT2D eigenvalue weighted by Gasteiger charge is 2.20. The van der Waals surface area contributed by atoms with Gasteiger partial charge in [-0.1, -0.05) is 89.4 Å².